The Bertz CT molecular complexity index is 879. The number of aromatic nitrogens is 4. The van der Waals surface area contributed by atoms with Gasteiger partial charge in [0.05, 0.1) is 12.2 Å². The van der Waals surface area contributed by atoms with Gasteiger partial charge < -0.3 is 10.1 Å². The first kappa shape index (κ1) is 18.1. The van der Waals surface area contributed by atoms with Crippen molar-refractivity contribution < 1.29 is 9.53 Å². The molecule has 0 aliphatic carbocycles. The maximum absolute atomic E-state index is 12.0. The molecule has 2 aromatic carbocycles. The molecule has 0 atom stereocenters. The van der Waals surface area contributed by atoms with E-state index in [1.54, 1.807) is 4.68 Å². The molecule has 0 aliphatic rings. The van der Waals surface area contributed by atoms with Gasteiger partial charge in [0.15, 0.2) is 12.4 Å². The first-order valence-electron chi connectivity index (χ1n) is 8.17. The molecule has 1 aromatic heterocycles. The van der Waals surface area contributed by atoms with Gasteiger partial charge in [0.25, 0.3) is 5.91 Å². The second-order valence-corrected chi connectivity index (χ2v) is 6.47. The Morgan fingerprint density at radius 2 is 2.04 bits per heavy atom. The quantitative estimate of drug-likeness (QED) is 0.641. The number of tetrazole rings is 1. The van der Waals surface area contributed by atoms with Gasteiger partial charge in [-0.25, -0.2) is 0 Å². The summed E-state index contributed by atoms with van der Waals surface area (Å²) in [6.07, 6.45) is 0.966. The highest BCUT2D eigenvalue weighted by atomic mass is 79.9. The fraction of sp³-hybridized carbons (Fsp3) is 0.222. The van der Waals surface area contributed by atoms with Gasteiger partial charge in [-0.1, -0.05) is 41.1 Å². The molecule has 0 saturated carbocycles. The summed E-state index contributed by atoms with van der Waals surface area (Å²) in [4.78, 5) is 12.0. The average molecular weight is 416 g/mol. The molecule has 0 bridgehead atoms. The van der Waals surface area contributed by atoms with Crippen LogP contribution in [0.1, 0.15) is 18.3 Å². The molecule has 0 unspecified atom stereocenters. The number of carbonyl (C=O) groups excluding carboxylic acids is 1. The van der Waals surface area contributed by atoms with Crippen LogP contribution in [0.2, 0.25) is 0 Å². The monoisotopic (exact) mass is 415 g/mol. The lowest BCUT2D eigenvalue weighted by molar-refractivity contribution is -0.123. The Morgan fingerprint density at radius 3 is 2.77 bits per heavy atom. The Hall–Kier alpha value is -2.74. The Morgan fingerprint density at radius 1 is 1.23 bits per heavy atom. The van der Waals surface area contributed by atoms with Crippen molar-refractivity contribution in [2.75, 3.05) is 6.61 Å². The highest BCUT2D eigenvalue weighted by Gasteiger charge is 2.10. The molecule has 3 aromatic rings. The van der Waals surface area contributed by atoms with Crippen LogP contribution in [-0.2, 0) is 17.8 Å². The number of rotatable bonds is 7. The van der Waals surface area contributed by atoms with Crippen LogP contribution in [0.15, 0.2) is 53.0 Å². The number of ether oxygens (including phenoxy) is 1. The summed E-state index contributed by atoms with van der Waals surface area (Å²) in [5.41, 5.74) is 2.03. The molecule has 3 rings (SSSR count). The number of benzene rings is 2. The van der Waals surface area contributed by atoms with Gasteiger partial charge in [-0.05, 0) is 52.7 Å². The van der Waals surface area contributed by atoms with E-state index in [4.69, 9.17) is 4.74 Å². The first-order chi connectivity index (χ1) is 12.7. The first-order valence-corrected chi connectivity index (χ1v) is 8.96. The topological polar surface area (TPSA) is 81.9 Å². The van der Waals surface area contributed by atoms with E-state index in [1.165, 1.54) is 5.56 Å². The lowest BCUT2D eigenvalue weighted by Gasteiger charge is -2.08. The van der Waals surface area contributed by atoms with Crippen molar-refractivity contribution in [3.05, 3.63) is 64.4 Å². The van der Waals surface area contributed by atoms with Crippen LogP contribution in [-0.4, -0.2) is 32.7 Å². The fourth-order valence-corrected chi connectivity index (χ4v) is 2.71. The average Bonchev–Trinajstić information content (AvgIpc) is 3.14. The Labute approximate surface area is 159 Å². The molecule has 0 spiro atoms. The third-order valence-electron chi connectivity index (χ3n) is 3.73. The number of nitrogens with zero attached hydrogens (tertiary/aromatic N) is 4. The van der Waals surface area contributed by atoms with Crippen LogP contribution in [0.3, 0.4) is 0 Å². The van der Waals surface area contributed by atoms with Gasteiger partial charge in [0.1, 0.15) is 5.75 Å². The van der Waals surface area contributed by atoms with E-state index in [0.717, 1.165) is 16.6 Å². The van der Waals surface area contributed by atoms with Crippen LogP contribution in [0.25, 0.3) is 5.69 Å². The number of amides is 1. The van der Waals surface area contributed by atoms with Gasteiger partial charge in [-0.15, -0.1) is 5.10 Å². The molecule has 0 fully saturated rings. The van der Waals surface area contributed by atoms with E-state index in [-0.39, 0.29) is 19.1 Å². The molecular weight excluding hydrogens is 398 g/mol. The van der Waals surface area contributed by atoms with Gasteiger partial charge in [0.2, 0.25) is 0 Å². The molecule has 1 amide bonds. The highest BCUT2D eigenvalue weighted by Crippen LogP contribution is 2.15. The number of hydrogen-bond donors (Lipinski definition) is 1. The summed E-state index contributed by atoms with van der Waals surface area (Å²) in [5, 5.41) is 14.4. The number of carbonyl (C=O) groups is 1. The predicted molar refractivity (Wildman–Crippen MR) is 100 cm³/mol. The maximum Gasteiger partial charge on any atom is 0.258 e. The summed E-state index contributed by atoms with van der Waals surface area (Å²) in [6.45, 7) is 2.23. The van der Waals surface area contributed by atoms with Crippen molar-refractivity contribution in [3.8, 4) is 11.4 Å². The van der Waals surface area contributed by atoms with Crippen molar-refractivity contribution >= 4 is 21.8 Å². The zero-order chi connectivity index (χ0) is 18.4. The molecule has 1 N–H and O–H groups in total. The third kappa shape index (κ3) is 4.66. The summed E-state index contributed by atoms with van der Waals surface area (Å²) in [7, 11) is 0. The molecule has 8 heteroatoms. The van der Waals surface area contributed by atoms with Crippen LogP contribution < -0.4 is 10.1 Å². The SMILES string of the molecule is CCc1ccc(OCC(=O)NCc2nnnn2-c2cccc(Br)c2)cc1. The second-order valence-electron chi connectivity index (χ2n) is 5.55. The lowest BCUT2D eigenvalue weighted by atomic mass is 10.2. The van der Waals surface area contributed by atoms with Gasteiger partial charge in [-0.3, -0.25) is 4.79 Å². The standard InChI is InChI=1S/C18H18BrN5O2/c1-2-13-6-8-16(9-7-13)26-12-18(25)20-11-17-21-22-23-24(17)15-5-3-4-14(19)10-15/h3-10H,2,11-12H2,1H3,(H,20,25). The molecule has 134 valence electrons. The van der Waals surface area contributed by atoms with E-state index < -0.39 is 0 Å². The zero-order valence-electron chi connectivity index (χ0n) is 14.2. The van der Waals surface area contributed by atoms with Crippen LogP contribution in [0.5, 0.6) is 5.75 Å². The third-order valence-corrected chi connectivity index (χ3v) is 4.23. The zero-order valence-corrected chi connectivity index (χ0v) is 15.8. The van der Waals surface area contributed by atoms with E-state index in [9.17, 15) is 4.79 Å². The van der Waals surface area contributed by atoms with E-state index in [0.29, 0.717) is 11.6 Å². The minimum Gasteiger partial charge on any atom is -0.484 e. The molecule has 7 nitrogen and oxygen atoms in total. The van der Waals surface area contributed by atoms with Crippen LogP contribution >= 0.6 is 15.9 Å². The minimum atomic E-state index is -0.242. The molecule has 1 heterocycles. The van der Waals surface area contributed by atoms with Crippen molar-refractivity contribution in [1.82, 2.24) is 25.5 Å². The molecule has 26 heavy (non-hydrogen) atoms. The normalized spacial score (nSPS) is 10.5. The van der Waals surface area contributed by atoms with E-state index in [2.05, 4.69) is 43.7 Å². The number of aryl methyl sites for hydroxylation is 1. The highest BCUT2D eigenvalue weighted by molar-refractivity contribution is 9.10. The minimum absolute atomic E-state index is 0.0656. The molecule has 0 radical (unpaired) electrons. The summed E-state index contributed by atoms with van der Waals surface area (Å²) < 4.78 is 7.99. The summed E-state index contributed by atoms with van der Waals surface area (Å²) in [5.74, 6) is 0.952. The van der Waals surface area contributed by atoms with Gasteiger partial charge in [0, 0.05) is 4.47 Å². The number of hydrogen-bond acceptors (Lipinski definition) is 5. The van der Waals surface area contributed by atoms with E-state index >= 15 is 0 Å². The van der Waals surface area contributed by atoms with Crippen LogP contribution in [0.4, 0.5) is 0 Å². The molecular formula is C18H18BrN5O2. The summed E-state index contributed by atoms with van der Waals surface area (Å²) >= 11 is 3.42. The number of nitrogens with one attached hydrogen (secondary N) is 1. The maximum atomic E-state index is 12.0. The smallest absolute Gasteiger partial charge is 0.258 e. The van der Waals surface area contributed by atoms with Gasteiger partial charge in [-0.2, -0.15) is 4.68 Å². The fourth-order valence-electron chi connectivity index (χ4n) is 2.32. The Kier molecular flexibility index (Phi) is 5.96. The van der Waals surface area contributed by atoms with Crippen molar-refractivity contribution in [3.63, 3.8) is 0 Å². The molecule has 0 saturated heterocycles. The second kappa shape index (κ2) is 8.57. The number of halogens is 1. The predicted octanol–water partition coefficient (Wildman–Crippen LogP) is 2.68. The largest absolute Gasteiger partial charge is 0.484 e. The molecule has 0 aliphatic heterocycles. The van der Waals surface area contributed by atoms with E-state index in [1.807, 2.05) is 48.5 Å². The van der Waals surface area contributed by atoms with Crippen molar-refractivity contribution in [2.24, 2.45) is 0 Å². The van der Waals surface area contributed by atoms with Crippen molar-refractivity contribution in [1.29, 1.82) is 0 Å². The Balaban J connectivity index is 1.54. The summed E-state index contributed by atoms with van der Waals surface area (Å²) in [6, 6.07) is 15.3. The van der Waals surface area contributed by atoms with Crippen LogP contribution in [0, 0.1) is 0 Å². The van der Waals surface area contributed by atoms with Crippen molar-refractivity contribution in [2.45, 2.75) is 19.9 Å². The lowest BCUT2D eigenvalue weighted by Crippen LogP contribution is -2.29. The van der Waals surface area contributed by atoms with Gasteiger partial charge >= 0.3 is 0 Å².